The van der Waals surface area contributed by atoms with Crippen molar-refractivity contribution in [3.63, 3.8) is 0 Å². The Kier molecular flexibility index (Phi) is 8.85. The van der Waals surface area contributed by atoms with Gasteiger partial charge in [0.2, 0.25) is 5.91 Å². The van der Waals surface area contributed by atoms with E-state index in [2.05, 4.69) is 26.2 Å². The van der Waals surface area contributed by atoms with E-state index >= 15 is 0 Å². The average molecular weight is 497 g/mol. The van der Waals surface area contributed by atoms with Crippen LogP contribution in [0.15, 0.2) is 27.7 Å². The minimum absolute atomic E-state index is 0. The summed E-state index contributed by atoms with van der Waals surface area (Å²) in [5, 5.41) is 2.89. The van der Waals surface area contributed by atoms with Gasteiger partial charge in [-0.3, -0.25) is 9.79 Å². The zero-order valence-electron chi connectivity index (χ0n) is 13.0. The van der Waals surface area contributed by atoms with Crippen molar-refractivity contribution in [2.75, 3.05) is 38.2 Å². The van der Waals surface area contributed by atoms with E-state index in [4.69, 9.17) is 10.5 Å². The number of carbonyl (C=O) groups excluding carboxylic acids is 1. The molecule has 0 spiro atoms. The minimum atomic E-state index is -0.0697. The van der Waals surface area contributed by atoms with Crippen molar-refractivity contribution in [3.8, 4) is 0 Å². The van der Waals surface area contributed by atoms with Crippen molar-refractivity contribution in [3.05, 3.63) is 28.2 Å². The standard InChI is InChI=1S/C15H21BrN4O2.HI/c1-11-2-3-12(16)10-13(11)19-14(21)4-5-18-15(17)20-6-8-22-9-7-20;/h2-3,10H,4-9H2,1H3,(H2,17,18)(H,19,21);1H. The molecule has 1 aromatic carbocycles. The number of halogens is 2. The highest BCUT2D eigenvalue weighted by Gasteiger charge is 2.12. The molecule has 3 N–H and O–H groups in total. The maximum absolute atomic E-state index is 12.0. The first-order valence-corrected chi connectivity index (χ1v) is 8.04. The smallest absolute Gasteiger partial charge is 0.226 e. The van der Waals surface area contributed by atoms with Gasteiger partial charge < -0.3 is 20.7 Å². The Balaban J connectivity index is 0.00000264. The highest BCUT2D eigenvalue weighted by molar-refractivity contribution is 14.0. The van der Waals surface area contributed by atoms with Crippen LogP contribution in [0, 0.1) is 6.92 Å². The molecule has 8 heteroatoms. The fourth-order valence-corrected chi connectivity index (χ4v) is 2.47. The summed E-state index contributed by atoms with van der Waals surface area (Å²) in [6.07, 6.45) is 0.303. The van der Waals surface area contributed by atoms with Gasteiger partial charge in [0.1, 0.15) is 0 Å². The van der Waals surface area contributed by atoms with Gasteiger partial charge in [0.25, 0.3) is 0 Å². The van der Waals surface area contributed by atoms with Crippen LogP contribution in [0.2, 0.25) is 0 Å². The molecule has 1 heterocycles. The predicted molar refractivity (Wildman–Crippen MR) is 106 cm³/mol. The van der Waals surface area contributed by atoms with E-state index in [0.29, 0.717) is 32.1 Å². The largest absolute Gasteiger partial charge is 0.378 e. The van der Waals surface area contributed by atoms with Crippen molar-refractivity contribution >= 4 is 57.5 Å². The molecule has 1 amide bonds. The molecule has 23 heavy (non-hydrogen) atoms. The third-order valence-electron chi connectivity index (χ3n) is 3.42. The number of aryl methyl sites for hydroxylation is 1. The number of nitrogens with one attached hydrogen (secondary N) is 1. The molecule has 1 aliphatic heterocycles. The quantitative estimate of drug-likeness (QED) is 0.381. The molecule has 0 saturated carbocycles. The Hall–Kier alpha value is -0.870. The highest BCUT2D eigenvalue weighted by atomic mass is 127. The second-order valence-corrected chi connectivity index (χ2v) is 6.01. The molecular weight excluding hydrogens is 475 g/mol. The first-order valence-electron chi connectivity index (χ1n) is 7.25. The Labute approximate surface area is 162 Å². The van der Waals surface area contributed by atoms with Crippen LogP contribution in [0.1, 0.15) is 12.0 Å². The van der Waals surface area contributed by atoms with Crippen LogP contribution in [0.5, 0.6) is 0 Å². The summed E-state index contributed by atoms with van der Waals surface area (Å²) in [4.78, 5) is 18.2. The number of nitrogens with zero attached hydrogens (tertiary/aromatic N) is 2. The zero-order chi connectivity index (χ0) is 15.9. The number of benzene rings is 1. The number of aliphatic imine (C=N–C) groups is 1. The number of guanidine groups is 1. The van der Waals surface area contributed by atoms with E-state index in [1.165, 1.54) is 0 Å². The van der Waals surface area contributed by atoms with E-state index in [1.54, 1.807) is 0 Å². The maximum Gasteiger partial charge on any atom is 0.226 e. The van der Waals surface area contributed by atoms with E-state index in [9.17, 15) is 4.79 Å². The number of hydrogen-bond acceptors (Lipinski definition) is 3. The third kappa shape index (κ3) is 6.64. The Bertz CT molecular complexity index is 562. The molecule has 0 bridgehead atoms. The number of amides is 1. The maximum atomic E-state index is 12.0. The first kappa shape index (κ1) is 20.2. The summed E-state index contributed by atoms with van der Waals surface area (Å²) in [5.74, 6) is 0.412. The molecule has 0 radical (unpaired) electrons. The van der Waals surface area contributed by atoms with Gasteiger partial charge in [-0.15, -0.1) is 24.0 Å². The van der Waals surface area contributed by atoms with Crippen LogP contribution in [-0.4, -0.2) is 49.6 Å². The number of hydrogen-bond donors (Lipinski definition) is 2. The van der Waals surface area contributed by atoms with Crippen LogP contribution in [-0.2, 0) is 9.53 Å². The van der Waals surface area contributed by atoms with Crippen LogP contribution in [0.3, 0.4) is 0 Å². The fourth-order valence-electron chi connectivity index (χ4n) is 2.11. The van der Waals surface area contributed by atoms with Crippen LogP contribution < -0.4 is 11.1 Å². The Morgan fingerprint density at radius 1 is 1.43 bits per heavy atom. The number of nitrogens with two attached hydrogens (primary N) is 1. The molecule has 1 aliphatic rings. The van der Waals surface area contributed by atoms with Crippen molar-refractivity contribution in [1.29, 1.82) is 0 Å². The molecule has 1 aromatic rings. The second kappa shape index (κ2) is 10.1. The van der Waals surface area contributed by atoms with E-state index in [0.717, 1.165) is 28.8 Å². The van der Waals surface area contributed by atoms with Gasteiger partial charge in [-0.05, 0) is 24.6 Å². The number of ether oxygens (including phenoxy) is 1. The summed E-state index contributed by atoms with van der Waals surface area (Å²) < 4.78 is 6.19. The molecule has 0 aliphatic carbocycles. The lowest BCUT2D eigenvalue weighted by molar-refractivity contribution is -0.116. The van der Waals surface area contributed by atoms with Gasteiger partial charge in [0.05, 0.1) is 19.8 Å². The Morgan fingerprint density at radius 3 is 2.83 bits per heavy atom. The van der Waals surface area contributed by atoms with E-state index in [1.807, 2.05) is 30.0 Å². The fraction of sp³-hybridized carbons (Fsp3) is 0.467. The van der Waals surface area contributed by atoms with Crippen molar-refractivity contribution in [1.82, 2.24) is 4.90 Å². The number of rotatable bonds is 4. The lowest BCUT2D eigenvalue weighted by atomic mass is 10.2. The molecule has 1 saturated heterocycles. The molecule has 6 nitrogen and oxygen atoms in total. The summed E-state index contributed by atoms with van der Waals surface area (Å²) >= 11 is 3.40. The molecule has 1 fully saturated rings. The number of morpholine rings is 1. The summed E-state index contributed by atoms with van der Waals surface area (Å²) in [5.41, 5.74) is 7.74. The van der Waals surface area contributed by atoms with Gasteiger partial charge in [0, 0.05) is 29.7 Å². The van der Waals surface area contributed by atoms with E-state index in [-0.39, 0.29) is 29.9 Å². The SMILES string of the molecule is Cc1ccc(Br)cc1NC(=O)CCN=C(N)N1CCOCC1.I. The number of carbonyl (C=O) groups is 1. The monoisotopic (exact) mass is 496 g/mol. The molecule has 0 aromatic heterocycles. The van der Waals surface area contributed by atoms with Gasteiger partial charge in [-0.25, -0.2) is 0 Å². The third-order valence-corrected chi connectivity index (χ3v) is 3.91. The predicted octanol–water partition coefficient (Wildman–Crippen LogP) is 2.35. The normalized spacial score (nSPS) is 15.0. The molecular formula is C15H22BrIN4O2. The second-order valence-electron chi connectivity index (χ2n) is 5.10. The average Bonchev–Trinajstić information content (AvgIpc) is 2.51. The van der Waals surface area contributed by atoms with Gasteiger partial charge in [-0.1, -0.05) is 22.0 Å². The van der Waals surface area contributed by atoms with Crippen LogP contribution in [0.4, 0.5) is 5.69 Å². The van der Waals surface area contributed by atoms with Gasteiger partial charge in [-0.2, -0.15) is 0 Å². The molecule has 128 valence electrons. The molecule has 2 rings (SSSR count). The van der Waals surface area contributed by atoms with E-state index < -0.39 is 0 Å². The zero-order valence-corrected chi connectivity index (χ0v) is 17.0. The minimum Gasteiger partial charge on any atom is -0.378 e. The van der Waals surface area contributed by atoms with Gasteiger partial charge in [0.15, 0.2) is 5.96 Å². The van der Waals surface area contributed by atoms with Crippen molar-refractivity contribution < 1.29 is 9.53 Å². The summed E-state index contributed by atoms with van der Waals surface area (Å²) in [7, 11) is 0. The molecule has 0 unspecified atom stereocenters. The summed E-state index contributed by atoms with van der Waals surface area (Å²) in [6.45, 7) is 5.16. The lowest BCUT2D eigenvalue weighted by Crippen LogP contribution is -2.44. The van der Waals surface area contributed by atoms with Crippen molar-refractivity contribution in [2.24, 2.45) is 10.7 Å². The first-order chi connectivity index (χ1) is 10.6. The summed E-state index contributed by atoms with van der Waals surface area (Å²) in [6, 6.07) is 5.78. The van der Waals surface area contributed by atoms with Crippen molar-refractivity contribution in [2.45, 2.75) is 13.3 Å². The topological polar surface area (TPSA) is 80.0 Å². The molecule has 0 atom stereocenters. The number of anilines is 1. The van der Waals surface area contributed by atoms with Gasteiger partial charge >= 0.3 is 0 Å². The Morgan fingerprint density at radius 2 is 2.13 bits per heavy atom. The lowest BCUT2D eigenvalue weighted by Gasteiger charge is -2.27. The van der Waals surface area contributed by atoms with Crippen LogP contribution >= 0.6 is 39.9 Å². The highest BCUT2D eigenvalue weighted by Crippen LogP contribution is 2.20. The van der Waals surface area contributed by atoms with Crippen LogP contribution in [0.25, 0.3) is 0 Å².